The molecule has 1 N–H and O–H groups in total. The van der Waals surface area contributed by atoms with Crippen LogP contribution < -0.4 is 4.74 Å². The molecule has 0 aliphatic heterocycles. The first-order valence-corrected chi connectivity index (χ1v) is 6.74. The van der Waals surface area contributed by atoms with Crippen LogP contribution in [0.3, 0.4) is 0 Å². The van der Waals surface area contributed by atoms with E-state index in [2.05, 4.69) is 5.10 Å². The number of hydrogen-bond acceptors (Lipinski definition) is 4. The van der Waals surface area contributed by atoms with Crippen LogP contribution in [0, 0.1) is 0 Å². The van der Waals surface area contributed by atoms with Gasteiger partial charge in [0.2, 0.25) is 0 Å². The molecule has 1 amide bonds. The number of amides is 1. The summed E-state index contributed by atoms with van der Waals surface area (Å²) in [4.78, 5) is 24.4. The number of rotatable bonds is 7. The fourth-order valence-electron chi connectivity index (χ4n) is 1.87. The quantitative estimate of drug-likeness (QED) is 0.828. The van der Waals surface area contributed by atoms with Gasteiger partial charge in [-0.25, -0.2) is 4.79 Å². The van der Waals surface area contributed by atoms with Crippen LogP contribution in [0.15, 0.2) is 42.7 Å². The zero-order valence-electron chi connectivity index (χ0n) is 12.2. The van der Waals surface area contributed by atoms with E-state index in [0.29, 0.717) is 24.4 Å². The number of likely N-dealkylation sites (N-methyl/N-ethyl adjacent to an activating group) is 1. The van der Waals surface area contributed by atoms with Crippen LogP contribution in [0.4, 0.5) is 0 Å². The maximum Gasteiger partial charge on any atom is 0.341 e. The third-order valence-corrected chi connectivity index (χ3v) is 3.01. The van der Waals surface area contributed by atoms with Crippen molar-refractivity contribution in [2.45, 2.75) is 6.54 Å². The highest BCUT2D eigenvalue weighted by Crippen LogP contribution is 2.14. The molecule has 0 bridgehead atoms. The van der Waals surface area contributed by atoms with Gasteiger partial charge in [0.25, 0.3) is 5.91 Å². The molecule has 0 aliphatic rings. The molecule has 1 aromatic carbocycles. The number of aliphatic carboxylic acids is 1. The summed E-state index contributed by atoms with van der Waals surface area (Å²) >= 11 is 0. The van der Waals surface area contributed by atoms with E-state index < -0.39 is 12.6 Å². The molecule has 7 nitrogen and oxygen atoms in total. The number of carboxylic acid groups (broad SMARTS) is 1. The Morgan fingerprint density at radius 2 is 2.18 bits per heavy atom. The van der Waals surface area contributed by atoms with Crippen molar-refractivity contribution in [1.29, 1.82) is 0 Å². The molecule has 7 heteroatoms. The molecule has 1 heterocycles. The minimum absolute atomic E-state index is 0.159. The average molecular weight is 303 g/mol. The first-order chi connectivity index (χ1) is 10.6. The Balaban J connectivity index is 1.95. The topological polar surface area (TPSA) is 84.7 Å². The summed E-state index contributed by atoms with van der Waals surface area (Å²) < 4.78 is 6.82. The number of benzene rings is 1. The summed E-state index contributed by atoms with van der Waals surface area (Å²) in [7, 11) is 1.70. The molecule has 0 aliphatic carbocycles. The smallest absolute Gasteiger partial charge is 0.341 e. The van der Waals surface area contributed by atoms with E-state index in [0.717, 1.165) is 0 Å². The molecule has 0 unspecified atom stereocenters. The Morgan fingerprint density at radius 1 is 1.36 bits per heavy atom. The number of carbonyl (C=O) groups excluding carboxylic acids is 1. The molecule has 0 spiro atoms. The van der Waals surface area contributed by atoms with E-state index in [1.807, 2.05) is 12.3 Å². The van der Waals surface area contributed by atoms with Crippen molar-refractivity contribution in [3.05, 3.63) is 48.3 Å². The number of aromatic nitrogens is 2. The Morgan fingerprint density at radius 3 is 2.86 bits per heavy atom. The van der Waals surface area contributed by atoms with Crippen molar-refractivity contribution < 1.29 is 19.4 Å². The maximum absolute atomic E-state index is 12.3. The van der Waals surface area contributed by atoms with E-state index >= 15 is 0 Å². The molecule has 22 heavy (non-hydrogen) atoms. The fourth-order valence-corrected chi connectivity index (χ4v) is 1.87. The van der Waals surface area contributed by atoms with Gasteiger partial charge < -0.3 is 14.7 Å². The molecule has 0 saturated heterocycles. The molecular formula is C15H17N3O4. The molecule has 0 atom stereocenters. The first kappa shape index (κ1) is 15.6. The van der Waals surface area contributed by atoms with Crippen LogP contribution in [0.2, 0.25) is 0 Å². The zero-order valence-corrected chi connectivity index (χ0v) is 12.2. The summed E-state index contributed by atoms with van der Waals surface area (Å²) in [6.07, 6.45) is 3.52. The van der Waals surface area contributed by atoms with Gasteiger partial charge in [-0.2, -0.15) is 5.10 Å². The summed E-state index contributed by atoms with van der Waals surface area (Å²) in [5.41, 5.74) is 0.450. The van der Waals surface area contributed by atoms with Gasteiger partial charge in [-0.15, -0.1) is 0 Å². The molecule has 116 valence electrons. The van der Waals surface area contributed by atoms with Crippen molar-refractivity contribution in [1.82, 2.24) is 14.7 Å². The van der Waals surface area contributed by atoms with Crippen LogP contribution >= 0.6 is 0 Å². The lowest BCUT2D eigenvalue weighted by atomic mass is 10.2. The van der Waals surface area contributed by atoms with E-state index in [1.165, 1.54) is 6.07 Å². The normalized spacial score (nSPS) is 10.2. The highest BCUT2D eigenvalue weighted by atomic mass is 16.5. The highest BCUT2D eigenvalue weighted by Gasteiger charge is 2.12. The Bertz CT molecular complexity index is 640. The monoisotopic (exact) mass is 303 g/mol. The minimum Gasteiger partial charge on any atom is -0.482 e. The van der Waals surface area contributed by atoms with Gasteiger partial charge in [0.15, 0.2) is 6.61 Å². The van der Waals surface area contributed by atoms with Crippen LogP contribution in [-0.2, 0) is 11.3 Å². The van der Waals surface area contributed by atoms with Gasteiger partial charge in [0.05, 0.1) is 6.54 Å². The second-order valence-electron chi connectivity index (χ2n) is 4.71. The van der Waals surface area contributed by atoms with Gasteiger partial charge in [0.1, 0.15) is 5.75 Å². The van der Waals surface area contributed by atoms with Gasteiger partial charge >= 0.3 is 5.97 Å². The second kappa shape index (κ2) is 7.26. The highest BCUT2D eigenvalue weighted by molar-refractivity contribution is 5.94. The zero-order chi connectivity index (χ0) is 15.9. The van der Waals surface area contributed by atoms with Crippen LogP contribution in [0.5, 0.6) is 5.75 Å². The largest absolute Gasteiger partial charge is 0.482 e. The van der Waals surface area contributed by atoms with Crippen molar-refractivity contribution in [3.8, 4) is 5.75 Å². The molecule has 0 saturated carbocycles. The number of carboxylic acids is 1. The Hall–Kier alpha value is -2.83. The second-order valence-corrected chi connectivity index (χ2v) is 4.71. The van der Waals surface area contributed by atoms with E-state index in [4.69, 9.17) is 9.84 Å². The lowest BCUT2D eigenvalue weighted by molar-refractivity contribution is -0.139. The van der Waals surface area contributed by atoms with Gasteiger partial charge in [0, 0.05) is 31.5 Å². The minimum atomic E-state index is -1.06. The molecule has 0 fully saturated rings. The number of hydrogen-bond donors (Lipinski definition) is 1. The average Bonchev–Trinajstić information content (AvgIpc) is 3.03. The van der Waals surface area contributed by atoms with Crippen molar-refractivity contribution in [2.75, 3.05) is 20.2 Å². The molecule has 2 aromatic rings. The molecule has 1 aromatic heterocycles. The van der Waals surface area contributed by atoms with E-state index in [9.17, 15) is 9.59 Å². The lowest BCUT2D eigenvalue weighted by Crippen LogP contribution is -2.30. The molecule has 0 radical (unpaired) electrons. The number of ether oxygens (including phenoxy) is 1. The van der Waals surface area contributed by atoms with Crippen LogP contribution in [0.1, 0.15) is 10.4 Å². The third kappa shape index (κ3) is 4.34. The SMILES string of the molecule is CN(CCn1cccn1)C(=O)c1cccc(OCC(=O)O)c1. The molecule has 2 rings (SSSR count). The predicted molar refractivity (Wildman–Crippen MR) is 78.8 cm³/mol. The van der Waals surface area contributed by atoms with Gasteiger partial charge in [-0.05, 0) is 24.3 Å². The Labute approximate surface area is 127 Å². The summed E-state index contributed by atoms with van der Waals surface area (Å²) in [5.74, 6) is -0.866. The maximum atomic E-state index is 12.3. The first-order valence-electron chi connectivity index (χ1n) is 6.74. The van der Waals surface area contributed by atoms with E-state index in [1.54, 1.807) is 41.0 Å². The third-order valence-electron chi connectivity index (χ3n) is 3.01. The summed E-state index contributed by atoms with van der Waals surface area (Å²) in [5, 5.41) is 12.7. The van der Waals surface area contributed by atoms with Crippen molar-refractivity contribution >= 4 is 11.9 Å². The summed E-state index contributed by atoms with van der Waals surface area (Å²) in [6, 6.07) is 8.30. The summed E-state index contributed by atoms with van der Waals surface area (Å²) in [6.45, 7) is 0.679. The van der Waals surface area contributed by atoms with Crippen molar-refractivity contribution in [3.63, 3.8) is 0 Å². The number of nitrogens with zero attached hydrogens (tertiary/aromatic N) is 3. The number of carbonyl (C=O) groups is 2. The van der Waals surface area contributed by atoms with Gasteiger partial charge in [-0.1, -0.05) is 6.07 Å². The molecular weight excluding hydrogens is 286 g/mol. The van der Waals surface area contributed by atoms with Crippen LogP contribution in [0.25, 0.3) is 0 Å². The van der Waals surface area contributed by atoms with Gasteiger partial charge in [-0.3, -0.25) is 9.48 Å². The standard InChI is InChI=1S/C15H17N3O4/c1-17(8-9-18-7-3-6-16-18)15(21)12-4-2-5-13(10-12)22-11-14(19)20/h2-7,10H,8-9,11H2,1H3,(H,19,20). The van der Waals surface area contributed by atoms with Crippen LogP contribution in [-0.4, -0.2) is 51.9 Å². The Kier molecular flexibility index (Phi) is 5.13. The lowest BCUT2D eigenvalue weighted by Gasteiger charge is -2.17. The van der Waals surface area contributed by atoms with Crippen molar-refractivity contribution in [2.24, 2.45) is 0 Å². The van der Waals surface area contributed by atoms with E-state index in [-0.39, 0.29) is 5.91 Å². The fraction of sp³-hybridized carbons (Fsp3) is 0.267. The predicted octanol–water partition coefficient (Wildman–Crippen LogP) is 1.12.